The van der Waals surface area contributed by atoms with E-state index >= 15 is 0 Å². The molecule has 0 aliphatic carbocycles. The Kier molecular flexibility index (Phi) is 5.46. The number of likely N-dealkylation sites (N-methyl/N-ethyl adjacent to an activating group) is 1. The van der Waals surface area contributed by atoms with E-state index in [0.29, 0.717) is 17.2 Å². The number of rotatable bonds is 6. The quantitative estimate of drug-likeness (QED) is 0.870. The molecule has 0 aliphatic rings. The Balaban J connectivity index is 2.27. The normalized spacial score (nSPS) is 12.3. The third kappa shape index (κ3) is 4.26. The molecular weight excluding hydrogens is 328 g/mol. The smallest absolute Gasteiger partial charge is 0.243 e. The average molecular weight is 348 g/mol. The lowest BCUT2D eigenvalue weighted by molar-refractivity contribution is -0.121. The van der Waals surface area contributed by atoms with Crippen molar-refractivity contribution in [1.29, 1.82) is 0 Å². The van der Waals surface area contributed by atoms with Gasteiger partial charge in [-0.3, -0.25) is 9.10 Å². The molecule has 2 aromatic rings. The van der Waals surface area contributed by atoms with Gasteiger partial charge in [-0.15, -0.1) is 0 Å². The largest absolute Gasteiger partial charge is 0.457 e. The van der Waals surface area contributed by atoms with Crippen LogP contribution < -0.4 is 14.4 Å². The second-order valence-electron chi connectivity index (χ2n) is 5.26. The van der Waals surface area contributed by atoms with E-state index in [1.54, 1.807) is 24.3 Å². The predicted molar refractivity (Wildman–Crippen MR) is 93.8 cm³/mol. The number of amides is 1. The van der Waals surface area contributed by atoms with E-state index in [-0.39, 0.29) is 5.91 Å². The Morgan fingerprint density at radius 1 is 1.04 bits per heavy atom. The zero-order chi connectivity index (χ0) is 17.7. The first-order valence-electron chi connectivity index (χ1n) is 7.37. The van der Waals surface area contributed by atoms with Gasteiger partial charge in [-0.1, -0.05) is 18.2 Å². The first-order valence-corrected chi connectivity index (χ1v) is 9.21. The number of hydrogen-bond acceptors (Lipinski definition) is 4. The Labute approximate surface area is 142 Å². The van der Waals surface area contributed by atoms with Gasteiger partial charge in [0.15, 0.2) is 0 Å². The fraction of sp³-hybridized carbons (Fsp3) is 0.235. The number of sulfonamides is 1. The number of ether oxygens (including phenoxy) is 1. The Hall–Kier alpha value is -2.54. The molecule has 24 heavy (non-hydrogen) atoms. The molecule has 6 nitrogen and oxygen atoms in total. The van der Waals surface area contributed by atoms with Gasteiger partial charge in [-0.2, -0.15) is 0 Å². The van der Waals surface area contributed by atoms with Crippen LogP contribution in [0.25, 0.3) is 0 Å². The van der Waals surface area contributed by atoms with Gasteiger partial charge < -0.3 is 10.1 Å². The van der Waals surface area contributed by atoms with Crippen LogP contribution in [0.5, 0.6) is 11.5 Å². The van der Waals surface area contributed by atoms with Crippen molar-refractivity contribution in [1.82, 2.24) is 5.32 Å². The molecule has 0 saturated heterocycles. The number of benzene rings is 2. The van der Waals surface area contributed by atoms with Gasteiger partial charge >= 0.3 is 0 Å². The minimum Gasteiger partial charge on any atom is -0.457 e. The fourth-order valence-electron chi connectivity index (χ4n) is 2.30. The Morgan fingerprint density at radius 3 is 2.08 bits per heavy atom. The van der Waals surface area contributed by atoms with E-state index in [1.807, 2.05) is 30.3 Å². The standard InChI is InChI=1S/C17H20N2O4S/c1-13(17(20)18-2)19(24(3,21)22)14-9-11-16(12-10-14)23-15-7-5-4-6-8-15/h4-13H,1-3H3,(H,18,20)/t13-/m1/s1. The van der Waals surface area contributed by atoms with E-state index in [2.05, 4.69) is 5.32 Å². The predicted octanol–water partition coefficient (Wildman–Crippen LogP) is 2.38. The van der Waals surface area contributed by atoms with Gasteiger partial charge in [-0.05, 0) is 43.3 Å². The van der Waals surface area contributed by atoms with Gasteiger partial charge in [0.1, 0.15) is 17.5 Å². The highest BCUT2D eigenvalue weighted by atomic mass is 32.2. The minimum absolute atomic E-state index is 0.384. The molecule has 1 N–H and O–H groups in total. The minimum atomic E-state index is -3.61. The molecule has 128 valence electrons. The number of anilines is 1. The summed E-state index contributed by atoms with van der Waals surface area (Å²) in [6.07, 6.45) is 1.07. The number of nitrogens with zero attached hydrogens (tertiary/aromatic N) is 1. The van der Waals surface area contributed by atoms with Crippen molar-refractivity contribution in [3.8, 4) is 11.5 Å². The number of carbonyl (C=O) groups excluding carboxylic acids is 1. The second-order valence-corrected chi connectivity index (χ2v) is 7.12. The molecule has 0 heterocycles. The number of para-hydroxylation sites is 1. The maximum Gasteiger partial charge on any atom is 0.243 e. The topological polar surface area (TPSA) is 75.7 Å². The highest BCUT2D eigenvalue weighted by molar-refractivity contribution is 7.92. The van der Waals surface area contributed by atoms with Crippen LogP contribution in [0.3, 0.4) is 0 Å². The maximum atomic E-state index is 12.1. The van der Waals surface area contributed by atoms with Crippen molar-refractivity contribution < 1.29 is 17.9 Å². The molecule has 7 heteroatoms. The SMILES string of the molecule is CNC(=O)[C@@H](C)N(c1ccc(Oc2ccccc2)cc1)S(C)(=O)=O. The molecule has 2 rings (SSSR count). The van der Waals surface area contributed by atoms with Crippen molar-refractivity contribution in [3.63, 3.8) is 0 Å². The summed E-state index contributed by atoms with van der Waals surface area (Å²) in [7, 11) is -2.14. The summed E-state index contributed by atoms with van der Waals surface area (Å²) in [4.78, 5) is 11.8. The lowest BCUT2D eigenvalue weighted by Gasteiger charge is -2.27. The first-order chi connectivity index (χ1) is 11.3. The van der Waals surface area contributed by atoms with Crippen LogP contribution in [0, 0.1) is 0 Å². The van der Waals surface area contributed by atoms with Crippen molar-refractivity contribution in [2.24, 2.45) is 0 Å². The molecule has 0 bridgehead atoms. The van der Waals surface area contributed by atoms with E-state index < -0.39 is 16.1 Å². The number of nitrogens with one attached hydrogen (secondary N) is 1. The summed E-state index contributed by atoms with van der Waals surface area (Å²) in [5, 5.41) is 2.46. The average Bonchev–Trinajstić information content (AvgIpc) is 2.55. The van der Waals surface area contributed by atoms with Crippen molar-refractivity contribution in [2.75, 3.05) is 17.6 Å². The second kappa shape index (κ2) is 7.35. The molecular formula is C17H20N2O4S. The number of hydrogen-bond donors (Lipinski definition) is 1. The maximum absolute atomic E-state index is 12.1. The summed E-state index contributed by atoms with van der Waals surface area (Å²) in [5.74, 6) is 0.875. The molecule has 0 saturated carbocycles. The monoisotopic (exact) mass is 348 g/mol. The van der Waals surface area contributed by atoms with Crippen LogP contribution in [0.4, 0.5) is 5.69 Å². The lowest BCUT2D eigenvalue weighted by Crippen LogP contribution is -2.46. The van der Waals surface area contributed by atoms with Gasteiger partial charge in [0.2, 0.25) is 15.9 Å². The molecule has 0 radical (unpaired) electrons. The van der Waals surface area contributed by atoms with Crippen molar-refractivity contribution in [2.45, 2.75) is 13.0 Å². The zero-order valence-corrected chi connectivity index (χ0v) is 14.6. The zero-order valence-electron chi connectivity index (χ0n) is 13.8. The van der Waals surface area contributed by atoms with Gasteiger partial charge in [0.05, 0.1) is 11.9 Å². The van der Waals surface area contributed by atoms with Crippen LogP contribution >= 0.6 is 0 Å². The van der Waals surface area contributed by atoms with Crippen LogP contribution in [0.2, 0.25) is 0 Å². The van der Waals surface area contributed by atoms with E-state index in [1.165, 1.54) is 14.0 Å². The van der Waals surface area contributed by atoms with Crippen molar-refractivity contribution >= 4 is 21.6 Å². The van der Waals surface area contributed by atoms with Crippen LogP contribution in [-0.4, -0.2) is 33.7 Å². The van der Waals surface area contributed by atoms with Crippen molar-refractivity contribution in [3.05, 3.63) is 54.6 Å². The van der Waals surface area contributed by atoms with E-state index in [4.69, 9.17) is 4.74 Å². The summed E-state index contributed by atoms with van der Waals surface area (Å²) in [6, 6.07) is 15.0. The van der Waals surface area contributed by atoms with E-state index in [0.717, 1.165) is 10.6 Å². The van der Waals surface area contributed by atoms with Crippen LogP contribution in [0.15, 0.2) is 54.6 Å². The molecule has 0 aromatic heterocycles. The molecule has 0 fully saturated rings. The lowest BCUT2D eigenvalue weighted by atomic mass is 10.2. The summed E-state index contributed by atoms with van der Waals surface area (Å²) in [5.41, 5.74) is 0.397. The highest BCUT2D eigenvalue weighted by Gasteiger charge is 2.28. The van der Waals surface area contributed by atoms with Gasteiger partial charge in [0.25, 0.3) is 0 Å². The van der Waals surface area contributed by atoms with E-state index in [9.17, 15) is 13.2 Å². The third-order valence-corrected chi connectivity index (χ3v) is 4.65. The molecule has 0 aliphatic heterocycles. The third-order valence-electron chi connectivity index (χ3n) is 3.41. The first kappa shape index (κ1) is 17.8. The molecule has 1 atom stereocenters. The Bertz CT molecular complexity index is 789. The van der Waals surface area contributed by atoms with Crippen LogP contribution in [-0.2, 0) is 14.8 Å². The molecule has 2 aromatic carbocycles. The summed E-state index contributed by atoms with van der Waals surface area (Å²) >= 11 is 0. The highest BCUT2D eigenvalue weighted by Crippen LogP contribution is 2.26. The fourth-order valence-corrected chi connectivity index (χ4v) is 3.48. The summed E-state index contributed by atoms with van der Waals surface area (Å²) in [6.45, 7) is 1.54. The summed E-state index contributed by atoms with van der Waals surface area (Å²) < 4.78 is 30.9. The molecule has 0 unspecified atom stereocenters. The number of carbonyl (C=O) groups is 1. The van der Waals surface area contributed by atoms with Gasteiger partial charge in [-0.25, -0.2) is 8.42 Å². The van der Waals surface area contributed by atoms with Crippen LogP contribution in [0.1, 0.15) is 6.92 Å². The van der Waals surface area contributed by atoms with Gasteiger partial charge in [0, 0.05) is 7.05 Å². The molecule has 0 spiro atoms. The molecule has 1 amide bonds. The Morgan fingerprint density at radius 2 is 1.58 bits per heavy atom.